The van der Waals surface area contributed by atoms with Crippen molar-refractivity contribution in [3.05, 3.63) is 54.9 Å². The summed E-state index contributed by atoms with van der Waals surface area (Å²) in [6.45, 7) is 3.82. The van der Waals surface area contributed by atoms with Crippen molar-refractivity contribution in [3.8, 4) is 5.75 Å². The molecule has 204 valence electrons. The number of hydrogen-bond acceptors (Lipinski definition) is 10. The van der Waals surface area contributed by atoms with E-state index in [4.69, 9.17) is 24.5 Å². The number of nitrogens with two attached hydrogens (primary N) is 1. The number of esters is 1. The van der Waals surface area contributed by atoms with E-state index in [1.54, 1.807) is 30.3 Å². The molecule has 12 nitrogen and oxygen atoms in total. The van der Waals surface area contributed by atoms with Gasteiger partial charge in [0.25, 0.3) is 0 Å². The van der Waals surface area contributed by atoms with Gasteiger partial charge in [-0.25, -0.2) is 24.4 Å². The number of fused-ring (bicyclic) bond motifs is 1. The average molecular weight is 549 g/mol. The van der Waals surface area contributed by atoms with Gasteiger partial charge in [-0.05, 0) is 25.5 Å². The van der Waals surface area contributed by atoms with Crippen LogP contribution in [0.3, 0.4) is 0 Å². The fourth-order valence-corrected chi connectivity index (χ4v) is 5.36. The van der Waals surface area contributed by atoms with Crippen LogP contribution in [0.5, 0.6) is 5.75 Å². The molecule has 2 aromatic heterocycles. The molecule has 0 radical (unpaired) electrons. The summed E-state index contributed by atoms with van der Waals surface area (Å²) in [6.07, 6.45) is 3.35. The van der Waals surface area contributed by atoms with Gasteiger partial charge in [-0.2, -0.15) is 0 Å². The summed E-state index contributed by atoms with van der Waals surface area (Å²) in [5.41, 5.74) is 6.38. The summed E-state index contributed by atoms with van der Waals surface area (Å²) < 4.78 is 52.2. The van der Waals surface area contributed by atoms with Gasteiger partial charge in [-0.1, -0.05) is 38.0 Å². The Labute approximate surface area is 218 Å². The van der Waals surface area contributed by atoms with Crippen LogP contribution in [0, 0.1) is 0 Å². The minimum absolute atomic E-state index is 0.145. The molecule has 4 atom stereocenters. The Morgan fingerprint density at radius 1 is 1.26 bits per heavy atom. The first-order valence-corrected chi connectivity index (χ1v) is 14.0. The Hall–Kier alpha value is -3.38. The lowest BCUT2D eigenvalue weighted by molar-refractivity contribution is -0.145. The number of para-hydroxylation sites is 1. The van der Waals surface area contributed by atoms with Crippen molar-refractivity contribution in [3.63, 3.8) is 0 Å². The van der Waals surface area contributed by atoms with Crippen LogP contribution in [0.25, 0.3) is 11.2 Å². The lowest BCUT2D eigenvalue weighted by Crippen LogP contribution is -2.36. The Morgan fingerprint density at radius 3 is 2.82 bits per heavy atom. The SMILES string of the molecule is CCCCCOC(=O)C(C)NP(=O)(CO[C@@H]1C=C(F)[C@H](n2cnc3c(N)ncnc32)O1)Oc1ccccc1. The second kappa shape index (κ2) is 12.4. The molecule has 0 fully saturated rings. The fourth-order valence-electron chi connectivity index (χ4n) is 3.68. The molecule has 4 rings (SSSR count). The van der Waals surface area contributed by atoms with Crippen LogP contribution < -0.4 is 15.3 Å². The Morgan fingerprint density at radius 2 is 2.05 bits per heavy atom. The second-order valence-electron chi connectivity index (χ2n) is 8.59. The molecule has 0 saturated carbocycles. The zero-order valence-corrected chi connectivity index (χ0v) is 21.9. The molecule has 0 saturated heterocycles. The molecule has 0 bridgehead atoms. The average Bonchev–Trinajstić information content (AvgIpc) is 3.49. The monoisotopic (exact) mass is 548 g/mol. The molecule has 1 aliphatic rings. The van der Waals surface area contributed by atoms with Gasteiger partial charge in [0.2, 0.25) is 0 Å². The van der Waals surface area contributed by atoms with E-state index < -0.39 is 44.2 Å². The molecular weight excluding hydrogens is 518 g/mol. The molecule has 2 unspecified atom stereocenters. The summed E-state index contributed by atoms with van der Waals surface area (Å²) in [7, 11) is -3.85. The smallest absolute Gasteiger partial charge is 0.342 e. The van der Waals surface area contributed by atoms with Gasteiger partial charge in [0, 0.05) is 6.08 Å². The maximum absolute atomic E-state index is 14.8. The number of halogens is 1. The van der Waals surface area contributed by atoms with E-state index >= 15 is 0 Å². The third kappa shape index (κ3) is 6.73. The van der Waals surface area contributed by atoms with Gasteiger partial charge in [0.05, 0.1) is 12.9 Å². The van der Waals surface area contributed by atoms with Crippen molar-refractivity contribution >= 4 is 30.5 Å². The van der Waals surface area contributed by atoms with E-state index in [1.807, 2.05) is 6.92 Å². The highest BCUT2D eigenvalue weighted by atomic mass is 31.2. The fraction of sp³-hybridized carbons (Fsp3) is 0.417. The Balaban J connectivity index is 1.43. The first-order chi connectivity index (χ1) is 18.3. The maximum atomic E-state index is 14.8. The Kier molecular flexibility index (Phi) is 9.05. The molecule has 3 aromatic rings. The maximum Gasteiger partial charge on any atom is 0.342 e. The number of benzene rings is 1. The highest BCUT2D eigenvalue weighted by Crippen LogP contribution is 2.45. The predicted molar refractivity (Wildman–Crippen MR) is 137 cm³/mol. The van der Waals surface area contributed by atoms with Gasteiger partial charge < -0.3 is 24.5 Å². The molecule has 38 heavy (non-hydrogen) atoms. The van der Waals surface area contributed by atoms with Crippen LogP contribution in [0.2, 0.25) is 0 Å². The number of unbranched alkanes of at least 4 members (excludes halogenated alkanes) is 2. The molecule has 0 aliphatic carbocycles. The highest BCUT2D eigenvalue weighted by molar-refractivity contribution is 7.57. The molecule has 0 spiro atoms. The minimum Gasteiger partial charge on any atom is -0.465 e. The zero-order valence-electron chi connectivity index (χ0n) is 21.0. The van der Waals surface area contributed by atoms with Crippen LogP contribution in [0.1, 0.15) is 39.3 Å². The predicted octanol–water partition coefficient (Wildman–Crippen LogP) is 4.07. The molecule has 1 aliphatic heterocycles. The lowest BCUT2D eigenvalue weighted by atomic mass is 10.3. The molecule has 0 amide bonds. The van der Waals surface area contributed by atoms with E-state index in [1.165, 1.54) is 24.1 Å². The number of carbonyl (C=O) groups excluding carboxylic acids is 1. The molecule has 3 N–H and O–H groups in total. The van der Waals surface area contributed by atoms with Gasteiger partial charge in [-0.3, -0.25) is 13.9 Å². The van der Waals surface area contributed by atoms with Gasteiger partial charge in [0.15, 0.2) is 36.2 Å². The summed E-state index contributed by atoms with van der Waals surface area (Å²) in [4.78, 5) is 24.5. The molecule has 3 heterocycles. The highest BCUT2D eigenvalue weighted by Gasteiger charge is 2.36. The number of ether oxygens (including phenoxy) is 3. The van der Waals surface area contributed by atoms with Crippen molar-refractivity contribution in [2.24, 2.45) is 0 Å². The number of hydrogen-bond donors (Lipinski definition) is 2. The number of rotatable bonds is 13. The van der Waals surface area contributed by atoms with Crippen LogP contribution in [-0.4, -0.2) is 50.8 Å². The zero-order chi connectivity index (χ0) is 27.1. The minimum atomic E-state index is -3.85. The van der Waals surface area contributed by atoms with Crippen molar-refractivity contribution in [1.29, 1.82) is 0 Å². The van der Waals surface area contributed by atoms with Gasteiger partial charge in [-0.15, -0.1) is 0 Å². The van der Waals surface area contributed by atoms with Gasteiger partial charge in [0.1, 0.15) is 23.6 Å². The number of carbonyl (C=O) groups is 1. The topological polar surface area (TPSA) is 153 Å². The lowest BCUT2D eigenvalue weighted by Gasteiger charge is -2.24. The number of nitrogen functional groups attached to an aromatic ring is 1. The number of imidazole rings is 1. The molecule has 14 heteroatoms. The van der Waals surface area contributed by atoms with E-state index in [2.05, 4.69) is 20.0 Å². The normalized spacial score (nSPS) is 19.6. The summed E-state index contributed by atoms with van der Waals surface area (Å²) in [6, 6.07) is 7.46. The molecular formula is C24H30FN6O6P. The first-order valence-electron chi connectivity index (χ1n) is 12.1. The first kappa shape index (κ1) is 27.6. The number of aromatic nitrogens is 4. The third-order valence-corrected chi connectivity index (χ3v) is 7.35. The third-order valence-electron chi connectivity index (χ3n) is 5.57. The van der Waals surface area contributed by atoms with E-state index in [9.17, 15) is 13.8 Å². The Bertz CT molecular complexity index is 1320. The van der Waals surface area contributed by atoms with Crippen molar-refractivity contribution < 1.29 is 32.5 Å². The number of anilines is 1. The van der Waals surface area contributed by atoms with Crippen molar-refractivity contribution in [1.82, 2.24) is 24.6 Å². The van der Waals surface area contributed by atoms with Crippen LogP contribution in [-0.2, 0) is 23.6 Å². The molecule has 1 aromatic carbocycles. The van der Waals surface area contributed by atoms with Gasteiger partial charge >= 0.3 is 13.5 Å². The summed E-state index contributed by atoms with van der Waals surface area (Å²) in [5.74, 6) is -0.798. The number of nitrogens with zero attached hydrogens (tertiary/aromatic N) is 4. The van der Waals surface area contributed by atoms with Crippen LogP contribution in [0.15, 0.2) is 54.9 Å². The van der Waals surface area contributed by atoms with Crippen LogP contribution in [0.4, 0.5) is 10.2 Å². The quantitative estimate of drug-likeness (QED) is 0.180. The standard InChI is InChI=1S/C24H30FN6O6P/c1-3-4-8-11-34-24(32)16(2)30-38(33,37-17-9-6-5-7-10-17)15-35-19-12-18(25)23(36-19)31-14-29-20-21(26)27-13-28-22(20)31/h5-7,9-10,12-14,16,19,23H,3-4,8,11,15H2,1-2H3,(H,30,33)(H2,26,27,28)/t16?,19-,23+,38?/m0/s1. The largest absolute Gasteiger partial charge is 0.465 e. The number of nitrogens with one attached hydrogen (secondary N) is 1. The van der Waals surface area contributed by atoms with Crippen molar-refractivity contribution in [2.45, 2.75) is 51.7 Å². The second-order valence-corrected chi connectivity index (χ2v) is 10.6. The van der Waals surface area contributed by atoms with E-state index in [-0.39, 0.29) is 18.1 Å². The van der Waals surface area contributed by atoms with E-state index in [0.717, 1.165) is 25.3 Å². The van der Waals surface area contributed by atoms with Crippen LogP contribution >= 0.6 is 7.52 Å². The summed E-state index contributed by atoms with van der Waals surface area (Å²) in [5, 5.41) is 2.70. The van der Waals surface area contributed by atoms with E-state index in [0.29, 0.717) is 11.3 Å². The summed E-state index contributed by atoms with van der Waals surface area (Å²) >= 11 is 0. The van der Waals surface area contributed by atoms with Crippen molar-refractivity contribution in [2.75, 3.05) is 18.7 Å².